The van der Waals surface area contributed by atoms with Crippen LogP contribution in [0.15, 0.2) is 30.3 Å². The minimum absolute atomic E-state index is 0.0437. The van der Waals surface area contributed by atoms with Crippen LogP contribution in [0.5, 0.6) is 0 Å². The third kappa shape index (κ3) is 4.44. The van der Waals surface area contributed by atoms with Crippen molar-refractivity contribution >= 4 is 11.9 Å². The van der Waals surface area contributed by atoms with Crippen molar-refractivity contribution in [3.8, 4) is 0 Å². The van der Waals surface area contributed by atoms with Gasteiger partial charge >= 0.3 is 17.9 Å². The highest BCUT2D eigenvalue weighted by atomic mass is 19.4. The van der Waals surface area contributed by atoms with Crippen molar-refractivity contribution < 1.29 is 32.2 Å². The van der Waals surface area contributed by atoms with Crippen molar-refractivity contribution in [2.75, 3.05) is 6.61 Å². The molecule has 1 rings (SSSR count). The van der Waals surface area contributed by atoms with Crippen LogP contribution < -0.4 is 5.32 Å². The van der Waals surface area contributed by atoms with Gasteiger partial charge in [-0.1, -0.05) is 18.2 Å². The summed E-state index contributed by atoms with van der Waals surface area (Å²) in [6, 6.07) is 7.20. The molecule has 0 spiro atoms. The van der Waals surface area contributed by atoms with E-state index in [1.165, 1.54) is 45.0 Å². The third-order valence-electron chi connectivity index (χ3n) is 2.70. The summed E-state index contributed by atoms with van der Waals surface area (Å²) in [5.74, 6) is -2.82. The van der Waals surface area contributed by atoms with E-state index < -0.39 is 29.9 Å². The average molecular weight is 333 g/mol. The van der Waals surface area contributed by atoms with Gasteiger partial charge in [-0.05, 0) is 32.9 Å². The fourth-order valence-corrected chi connectivity index (χ4v) is 1.79. The smallest absolute Gasteiger partial charge is 0.448 e. The molecule has 1 unspecified atom stereocenters. The molecule has 0 aliphatic heterocycles. The molecule has 128 valence electrons. The van der Waals surface area contributed by atoms with E-state index >= 15 is 0 Å². The molecule has 0 heterocycles. The topological polar surface area (TPSA) is 64.6 Å². The maximum Gasteiger partial charge on any atom is 0.448 e. The summed E-state index contributed by atoms with van der Waals surface area (Å²) < 4.78 is 49.9. The van der Waals surface area contributed by atoms with Crippen molar-refractivity contribution in [2.24, 2.45) is 0 Å². The van der Waals surface area contributed by atoms with Gasteiger partial charge < -0.3 is 14.8 Å². The Labute approximate surface area is 131 Å². The highest BCUT2D eigenvalue weighted by Gasteiger charge is 2.65. The molecule has 1 atom stereocenters. The van der Waals surface area contributed by atoms with Crippen LogP contribution in [0.1, 0.15) is 31.1 Å². The Bertz CT molecular complexity index is 545. The molecule has 0 fully saturated rings. The van der Waals surface area contributed by atoms with E-state index in [1.54, 1.807) is 11.4 Å². The van der Waals surface area contributed by atoms with Gasteiger partial charge in [-0.3, -0.25) is 4.79 Å². The van der Waals surface area contributed by atoms with Gasteiger partial charge in [-0.25, -0.2) is 4.79 Å². The van der Waals surface area contributed by atoms with Crippen LogP contribution in [-0.4, -0.2) is 36.5 Å². The van der Waals surface area contributed by atoms with Crippen molar-refractivity contribution in [2.45, 2.75) is 38.8 Å². The van der Waals surface area contributed by atoms with Crippen LogP contribution in [0.25, 0.3) is 0 Å². The Morgan fingerprint density at radius 2 is 1.74 bits per heavy atom. The Balaban J connectivity index is 3.26. The molecule has 0 aliphatic carbocycles. The fourth-order valence-electron chi connectivity index (χ4n) is 1.79. The number of benzene rings is 1. The molecule has 0 radical (unpaired) electrons. The number of hydrogen-bond acceptors (Lipinski definition) is 4. The van der Waals surface area contributed by atoms with Gasteiger partial charge in [0.05, 0.1) is 12.7 Å². The van der Waals surface area contributed by atoms with E-state index in [0.717, 1.165) is 0 Å². The van der Waals surface area contributed by atoms with Crippen LogP contribution >= 0.6 is 0 Å². The molecule has 0 aliphatic rings. The summed E-state index contributed by atoms with van der Waals surface area (Å²) in [5, 5.41) is 1.64. The molecule has 1 aromatic carbocycles. The van der Waals surface area contributed by atoms with E-state index in [-0.39, 0.29) is 12.2 Å². The zero-order valence-corrected chi connectivity index (χ0v) is 12.9. The lowest BCUT2D eigenvalue weighted by Crippen LogP contribution is -2.67. The number of hydrogen-bond donors (Lipinski definition) is 1. The van der Waals surface area contributed by atoms with Gasteiger partial charge in [0.1, 0.15) is 0 Å². The molecule has 1 aromatic rings. The summed E-state index contributed by atoms with van der Waals surface area (Å²) >= 11 is 0. The van der Waals surface area contributed by atoms with Crippen LogP contribution in [0.4, 0.5) is 13.2 Å². The predicted molar refractivity (Wildman–Crippen MR) is 75.5 cm³/mol. The van der Waals surface area contributed by atoms with Crippen LogP contribution in [0.2, 0.25) is 0 Å². The minimum Gasteiger partial charge on any atom is -0.462 e. The summed E-state index contributed by atoms with van der Waals surface area (Å²) in [4.78, 5) is 24.0. The predicted octanol–water partition coefficient (Wildman–Crippen LogP) is 2.66. The maximum atomic E-state index is 13.5. The van der Waals surface area contributed by atoms with Crippen molar-refractivity contribution in [1.29, 1.82) is 0 Å². The monoisotopic (exact) mass is 333 g/mol. The van der Waals surface area contributed by atoms with Crippen LogP contribution in [-0.2, 0) is 14.3 Å². The second kappa shape index (κ2) is 7.45. The van der Waals surface area contributed by atoms with Gasteiger partial charge in [-0.15, -0.1) is 0 Å². The Morgan fingerprint density at radius 1 is 1.17 bits per heavy atom. The number of rotatable bonds is 6. The first-order valence-electron chi connectivity index (χ1n) is 6.93. The van der Waals surface area contributed by atoms with E-state index in [4.69, 9.17) is 4.74 Å². The first-order valence-corrected chi connectivity index (χ1v) is 6.93. The average Bonchev–Trinajstić information content (AvgIpc) is 2.45. The lowest BCUT2D eigenvalue weighted by molar-refractivity contribution is -0.292. The largest absolute Gasteiger partial charge is 0.462 e. The molecule has 8 heteroatoms. The number of ether oxygens (including phenoxy) is 2. The van der Waals surface area contributed by atoms with Crippen LogP contribution in [0, 0.1) is 0 Å². The van der Waals surface area contributed by atoms with Gasteiger partial charge in [0.15, 0.2) is 0 Å². The number of halogens is 3. The molecule has 23 heavy (non-hydrogen) atoms. The zero-order valence-electron chi connectivity index (χ0n) is 12.9. The molecule has 0 saturated carbocycles. The SMILES string of the molecule is CCOC(=O)C(NC(=O)c1ccccc1)(OC(C)C)C(F)(F)F. The number of alkyl halides is 3. The lowest BCUT2D eigenvalue weighted by atomic mass is 10.1. The first kappa shape index (κ1) is 19.0. The Morgan fingerprint density at radius 3 is 2.17 bits per heavy atom. The molecule has 0 saturated heterocycles. The van der Waals surface area contributed by atoms with Gasteiger partial charge in [0.25, 0.3) is 5.91 Å². The third-order valence-corrected chi connectivity index (χ3v) is 2.70. The Hall–Kier alpha value is -2.09. The van der Waals surface area contributed by atoms with Crippen molar-refractivity contribution in [3.05, 3.63) is 35.9 Å². The molecule has 0 bridgehead atoms. The molecule has 5 nitrogen and oxygen atoms in total. The minimum atomic E-state index is -5.20. The van der Waals surface area contributed by atoms with E-state index in [0.29, 0.717) is 0 Å². The number of nitrogens with one attached hydrogen (secondary N) is 1. The second-order valence-corrected chi connectivity index (χ2v) is 4.89. The fraction of sp³-hybridized carbons (Fsp3) is 0.467. The van der Waals surface area contributed by atoms with Crippen molar-refractivity contribution in [1.82, 2.24) is 5.32 Å². The first-order chi connectivity index (χ1) is 10.6. The standard InChI is InChI=1S/C15H18F3NO4/c1-4-22-13(21)14(15(16,17)18,23-10(2)3)19-12(20)11-8-6-5-7-9-11/h5-10H,4H2,1-3H3,(H,19,20). The Kier molecular flexibility index (Phi) is 6.14. The second-order valence-electron chi connectivity index (χ2n) is 4.89. The molecular weight excluding hydrogens is 315 g/mol. The number of carbonyl (C=O) groups is 2. The lowest BCUT2D eigenvalue weighted by Gasteiger charge is -2.35. The molecule has 1 N–H and O–H groups in total. The summed E-state index contributed by atoms with van der Waals surface area (Å²) in [6.07, 6.45) is -6.19. The number of carbonyl (C=O) groups excluding carboxylic acids is 2. The summed E-state index contributed by atoms with van der Waals surface area (Å²) in [5.41, 5.74) is -3.61. The highest BCUT2D eigenvalue weighted by Crippen LogP contribution is 2.34. The quantitative estimate of drug-likeness (QED) is 0.642. The summed E-state index contributed by atoms with van der Waals surface area (Å²) in [6.45, 7) is 3.69. The van der Waals surface area contributed by atoms with Crippen molar-refractivity contribution in [3.63, 3.8) is 0 Å². The number of esters is 1. The molecule has 1 amide bonds. The zero-order chi connectivity index (χ0) is 17.7. The maximum absolute atomic E-state index is 13.5. The normalized spacial score (nSPS) is 14.2. The molecular formula is C15H18F3NO4. The van der Waals surface area contributed by atoms with E-state index in [1.807, 2.05) is 0 Å². The van der Waals surface area contributed by atoms with Gasteiger partial charge in [0, 0.05) is 5.56 Å². The van der Waals surface area contributed by atoms with Gasteiger partial charge in [0.2, 0.25) is 0 Å². The number of amides is 1. The summed E-state index contributed by atoms with van der Waals surface area (Å²) in [7, 11) is 0. The van der Waals surface area contributed by atoms with E-state index in [2.05, 4.69) is 4.74 Å². The highest BCUT2D eigenvalue weighted by molar-refractivity contribution is 5.98. The molecule has 0 aromatic heterocycles. The van der Waals surface area contributed by atoms with Crippen LogP contribution in [0.3, 0.4) is 0 Å². The van der Waals surface area contributed by atoms with E-state index in [9.17, 15) is 22.8 Å². The van der Waals surface area contributed by atoms with Gasteiger partial charge in [-0.2, -0.15) is 13.2 Å².